The topological polar surface area (TPSA) is 9.23 Å². The first-order valence-electron chi connectivity index (χ1n) is 4.25. The van der Waals surface area contributed by atoms with Crippen molar-refractivity contribution in [3.63, 3.8) is 0 Å². The Morgan fingerprint density at radius 1 is 1.00 bits per heavy atom. The standard InChI is InChI=1S/C9H14O/c1-2-4-8-6-7-9(10-8)5-3-1/h1-2,8-9H,3-7H2/b2-1-/t8-,9+/m1/s1. The lowest BCUT2D eigenvalue weighted by molar-refractivity contribution is 0.0410. The normalized spacial score (nSPS) is 42.4. The lowest BCUT2D eigenvalue weighted by Crippen LogP contribution is -2.11. The molecule has 0 spiro atoms. The Bertz CT molecular complexity index is 140. The summed E-state index contributed by atoms with van der Waals surface area (Å²) in [5.74, 6) is 0. The van der Waals surface area contributed by atoms with Gasteiger partial charge in [-0.1, -0.05) is 12.2 Å². The van der Waals surface area contributed by atoms with E-state index in [1.54, 1.807) is 0 Å². The molecule has 0 N–H and O–H groups in total. The van der Waals surface area contributed by atoms with Crippen LogP contribution in [0.5, 0.6) is 0 Å². The fraction of sp³-hybridized carbons (Fsp3) is 0.778. The van der Waals surface area contributed by atoms with Crippen molar-refractivity contribution in [3.8, 4) is 0 Å². The summed E-state index contributed by atoms with van der Waals surface area (Å²) in [5.41, 5.74) is 0. The highest BCUT2D eigenvalue weighted by Gasteiger charge is 2.24. The van der Waals surface area contributed by atoms with E-state index in [0.717, 1.165) is 6.42 Å². The van der Waals surface area contributed by atoms with Gasteiger partial charge < -0.3 is 4.74 Å². The molecule has 2 aliphatic rings. The van der Waals surface area contributed by atoms with Crippen molar-refractivity contribution in [1.29, 1.82) is 0 Å². The average Bonchev–Trinajstić information content (AvgIpc) is 2.30. The van der Waals surface area contributed by atoms with Crippen LogP contribution >= 0.6 is 0 Å². The molecule has 2 heterocycles. The molecule has 1 fully saturated rings. The Morgan fingerprint density at radius 3 is 2.90 bits per heavy atom. The van der Waals surface area contributed by atoms with Crippen LogP contribution in [0.2, 0.25) is 0 Å². The highest BCUT2D eigenvalue weighted by Crippen LogP contribution is 2.27. The van der Waals surface area contributed by atoms with Crippen LogP contribution in [0.4, 0.5) is 0 Å². The van der Waals surface area contributed by atoms with Gasteiger partial charge in [-0.25, -0.2) is 0 Å². The summed E-state index contributed by atoms with van der Waals surface area (Å²) in [6, 6.07) is 0. The second-order valence-corrected chi connectivity index (χ2v) is 3.24. The molecule has 0 aromatic heterocycles. The average molecular weight is 138 g/mol. The van der Waals surface area contributed by atoms with Gasteiger partial charge in [0.25, 0.3) is 0 Å². The molecule has 2 bridgehead atoms. The van der Waals surface area contributed by atoms with Crippen LogP contribution in [-0.4, -0.2) is 12.2 Å². The van der Waals surface area contributed by atoms with Crippen molar-refractivity contribution in [3.05, 3.63) is 12.2 Å². The van der Waals surface area contributed by atoms with Gasteiger partial charge in [-0.3, -0.25) is 0 Å². The Morgan fingerprint density at radius 2 is 1.90 bits per heavy atom. The van der Waals surface area contributed by atoms with Gasteiger partial charge >= 0.3 is 0 Å². The molecule has 2 atom stereocenters. The predicted octanol–water partition coefficient (Wildman–Crippen LogP) is 2.27. The van der Waals surface area contributed by atoms with E-state index < -0.39 is 0 Å². The van der Waals surface area contributed by atoms with Crippen LogP contribution in [-0.2, 0) is 4.74 Å². The molecule has 2 rings (SSSR count). The van der Waals surface area contributed by atoms with Crippen molar-refractivity contribution in [2.24, 2.45) is 0 Å². The van der Waals surface area contributed by atoms with E-state index in [1.165, 1.54) is 25.7 Å². The molecule has 10 heavy (non-hydrogen) atoms. The Hall–Kier alpha value is -0.300. The maximum absolute atomic E-state index is 5.75. The van der Waals surface area contributed by atoms with E-state index in [0.29, 0.717) is 12.2 Å². The minimum atomic E-state index is 0.557. The summed E-state index contributed by atoms with van der Waals surface area (Å²) in [6.45, 7) is 0. The third-order valence-electron chi connectivity index (χ3n) is 2.42. The Kier molecular flexibility index (Phi) is 1.76. The van der Waals surface area contributed by atoms with Crippen LogP contribution in [0, 0.1) is 0 Å². The minimum absolute atomic E-state index is 0.557. The number of fused-ring (bicyclic) bond motifs is 2. The summed E-state index contributed by atoms with van der Waals surface area (Å²) in [6.07, 6.45) is 11.9. The molecule has 1 nitrogen and oxygen atoms in total. The van der Waals surface area contributed by atoms with Crippen molar-refractivity contribution < 1.29 is 4.74 Å². The van der Waals surface area contributed by atoms with Crippen molar-refractivity contribution in [2.45, 2.75) is 44.3 Å². The van der Waals surface area contributed by atoms with Crippen LogP contribution < -0.4 is 0 Å². The zero-order valence-corrected chi connectivity index (χ0v) is 6.25. The highest BCUT2D eigenvalue weighted by molar-refractivity contribution is 4.90. The summed E-state index contributed by atoms with van der Waals surface area (Å²) in [4.78, 5) is 0. The van der Waals surface area contributed by atoms with Crippen molar-refractivity contribution in [1.82, 2.24) is 0 Å². The fourth-order valence-corrected chi connectivity index (χ4v) is 1.81. The maximum Gasteiger partial charge on any atom is 0.0614 e. The second kappa shape index (κ2) is 2.75. The molecule has 0 aliphatic carbocycles. The van der Waals surface area contributed by atoms with Crippen LogP contribution in [0.25, 0.3) is 0 Å². The van der Waals surface area contributed by atoms with Gasteiger partial charge in [-0.05, 0) is 32.1 Å². The van der Waals surface area contributed by atoms with Gasteiger partial charge in [0.15, 0.2) is 0 Å². The number of allylic oxidation sites excluding steroid dienone is 1. The molecule has 56 valence electrons. The van der Waals surface area contributed by atoms with E-state index >= 15 is 0 Å². The molecule has 1 heteroatoms. The van der Waals surface area contributed by atoms with Gasteiger partial charge in [0, 0.05) is 0 Å². The molecular formula is C9H14O. The van der Waals surface area contributed by atoms with Gasteiger partial charge in [-0.2, -0.15) is 0 Å². The first-order chi connectivity index (χ1) is 4.95. The molecule has 2 aliphatic heterocycles. The minimum Gasteiger partial charge on any atom is -0.375 e. The Labute approximate surface area is 62.1 Å². The van der Waals surface area contributed by atoms with Gasteiger partial charge in [0.2, 0.25) is 0 Å². The number of rotatable bonds is 0. The third kappa shape index (κ3) is 1.24. The van der Waals surface area contributed by atoms with E-state index in [4.69, 9.17) is 4.74 Å². The van der Waals surface area contributed by atoms with Crippen LogP contribution in [0.15, 0.2) is 12.2 Å². The van der Waals surface area contributed by atoms with Crippen molar-refractivity contribution in [2.75, 3.05) is 0 Å². The van der Waals surface area contributed by atoms with E-state index in [2.05, 4.69) is 12.2 Å². The lowest BCUT2D eigenvalue weighted by atomic mass is 10.1. The monoisotopic (exact) mass is 138 g/mol. The van der Waals surface area contributed by atoms with E-state index in [9.17, 15) is 0 Å². The summed E-state index contributed by atoms with van der Waals surface area (Å²) in [5, 5.41) is 0. The molecule has 0 aromatic rings. The molecule has 0 radical (unpaired) electrons. The van der Waals surface area contributed by atoms with E-state index in [1.807, 2.05) is 0 Å². The lowest BCUT2D eigenvalue weighted by Gasteiger charge is -2.13. The fourth-order valence-electron chi connectivity index (χ4n) is 1.81. The number of ether oxygens (including phenoxy) is 1. The van der Waals surface area contributed by atoms with Crippen LogP contribution in [0.3, 0.4) is 0 Å². The zero-order valence-electron chi connectivity index (χ0n) is 6.25. The molecular weight excluding hydrogens is 124 g/mol. The Balaban J connectivity index is 2.01. The first kappa shape index (κ1) is 6.41. The summed E-state index contributed by atoms with van der Waals surface area (Å²) >= 11 is 0. The molecule has 1 saturated heterocycles. The maximum atomic E-state index is 5.75. The highest BCUT2D eigenvalue weighted by atomic mass is 16.5. The van der Waals surface area contributed by atoms with E-state index in [-0.39, 0.29) is 0 Å². The molecule has 0 aromatic carbocycles. The smallest absolute Gasteiger partial charge is 0.0614 e. The van der Waals surface area contributed by atoms with Gasteiger partial charge in [-0.15, -0.1) is 0 Å². The first-order valence-corrected chi connectivity index (χ1v) is 4.25. The van der Waals surface area contributed by atoms with Crippen LogP contribution in [0.1, 0.15) is 32.1 Å². The predicted molar refractivity (Wildman–Crippen MR) is 40.9 cm³/mol. The zero-order chi connectivity index (χ0) is 6.81. The summed E-state index contributed by atoms with van der Waals surface area (Å²) < 4.78 is 5.75. The molecule has 0 unspecified atom stereocenters. The number of hydrogen-bond donors (Lipinski definition) is 0. The molecule has 0 amide bonds. The van der Waals surface area contributed by atoms with Gasteiger partial charge in [0.1, 0.15) is 0 Å². The molecule has 0 saturated carbocycles. The summed E-state index contributed by atoms with van der Waals surface area (Å²) in [7, 11) is 0. The SMILES string of the molecule is C1=C\C[C@@H]2CC[C@H](CC/1)O2. The quantitative estimate of drug-likeness (QED) is 0.466. The van der Waals surface area contributed by atoms with Gasteiger partial charge in [0.05, 0.1) is 12.2 Å². The number of hydrogen-bond acceptors (Lipinski definition) is 1. The second-order valence-electron chi connectivity index (χ2n) is 3.24. The largest absolute Gasteiger partial charge is 0.375 e. The van der Waals surface area contributed by atoms with Crippen molar-refractivity contribution >= 4 is 0 Å². The third-order valence-corrected chi connectivity index (χ3v) is 2.42.